The first-order valence-electron chi connectivity index (χ1n) is 24.9. The number of benzene rings is 5. The number of phenols is 1. The molecule has 4 aliphatic rings. The van der Waals surface area contributed by atoms with E-state index in [4.69, 9.17) is 19.3 Å². The molecule has 4 atom stereocenters. The van der Waals surface area contributed by atoms with Gasteiger partial charge in [-0.25, -0.2) is 0 Å². The number of fused-ring (bicyclic) bond motifs is 1. The maximum atomic E-state index is 9.01. The third kappa shape index (κ3) is 12.3. The molecule has 4 fully saturated rings. The van der Waals surface area contributed by atoms with E-state index in [0.717, 1.165) is 67.3 Å². The molecule has 5 aromatic carbocycles. The van der Waals surface area contributed by atoms with Crippen LogP contribution in [0.2, 0.25) is 0 Å². The Morgan fingerprint density at radius 2 is 1.00 bits per heavy atom. The van der Waals surface area contributed by atoms with Crippen molar-refractivity contribution in [3.8, 4) is 17.2 Å². The summed E-state index contributed by atoms with van der Waals surface area (Å²) in [6, 6.07) is 39.6. The Hall–Kier alpha value is -4.28. The summed E-state index contributed by atoms with van der Waals surface area (Å²) in [5, 5.41) is 11.5. The predicted molar refractivity (Wildman–Crippen MR) is 265 cm³/mol. The Morgan fingerprint density at radius 3 is 1.49 bits per heavy atom. The fourth-order valence-electron chi connectivity index (χ4n) is 10.8. The van der Waals surface area contributed by atoms with Crippen LogP contribution >= 0.6 is 0 Å². The predicted octanol–water partition coefficient (Wildman–Crippen LogP) is 16.8. The summed E-state index contributed by atoms with van der Waals surface area (Å²) in [7, 11) is 0. The molecule has 0 heterocycles. The number of hydrogen-bond acceptors (Lipinski definition) is 4. The Kier molecular flexibility index (Phi) is 17.6. The SMILES string of the molecule is CCC(C)c1ccc(O)cc1.CCC(C)c1ccc(OC(OC2C3CC4CC(C3)CC2C4)C(CC)(CC)CC)cc1.CCC(C)c1ccc(OCc2cccc3ccccc23)cc1. The number of ether oxygens (including phenoxy) is 3. The van der Waals surface area contributed by atoms with Gasteiger partial charge in [0, 0.05) is 5.41 Å². The van der Waals surface area contributed by atoms with Crippen molar-refractivity contribution < 1.29 is 19.3 Å². The summed E-state index contributed by atoms with van der Waals surface area (Å²) in [6.07, 6.45) is 14.1. The summed E-state index contributed by atoms with van der Waals surface area (Å²) >= 11 is 0. The van der Waals surface area contributed by atoms with E-state index in [9.17, 15) is 0 Å². The molecule has 4 saturated carbocycles. The highest BCUT2D eigenvalue weighted by molar-refractivity contribution is 5.85. The molecule has 0 radical (unpaired) electrons. The van der Waals surface area contributed by atoms with Crippen LogP contribution in [0, 0.1) is 29.1 Å². The smallest absolute Gasteiger partial charge is 0.205 e. The van der Waals surface area contributed by atoms with Crippen molar-refractivity contribution in [3.63, 3.8) is 0 Å². The fourth-order valence-corrected chi connectivity index (χ4v) is 10.8. The molecule has 4 nitrogen and oxygen atoms in total. The molecule has 0 spiro atoms. The van der Waals surface area contributed by atoms with E-state index in [0.29, 0.717) is 36.2 Å². The van der Waals surface area contributed by atoms with Crippen molar-refractivity contribution in [1.82, 2.24) is 0 Å². The van der Waals surface area contributed by atoms with Crippen molar-refractivity contribution in [2.24, 2.45) is 29.1 Å². The van der Waals surface area contributed by atoms with E-state index in [1.165, 1.54) is 71.6 Å². The molecule has 5 aromatic rings. The number of aromatic hydroxyl groups is 1. The van der Waals surface area contributed by atoms with Crippen LogP contribution in [-0.4, -0.2) is 17.5 Å². The van der Waals surface area contributed by atoms with Crippen LogP contribution in [0.15, 0.2) is 115 Å². The normalized spacial score (nSPS) is 21.9. The first-order valence-corrected chi connectivity index (χ1v) is 24.9. The molecular weight excluding hydrogens is 773 g/mol. The van der Waals surface area contributed by atoms with Crippen molar-refractivity contribution >= 4 is 10.8 Å². The standard InChI is InChI=1S/C28H44O2.C21H22O.C10H14O/c1-6-19(5)22-10-12-25(13-11-22)29-27(28(7-2,8-3)9-4)30-26-23-15-20-14-21(17-23)18-24(26)16-20;1-3-16(2)17-11-13-20(14-12-17)22-15-19-9-6-8-18-7-4-5-10-21(18)19;1-3-8(2)9-4-6-10(11)7-5-9/h10-13,19-21,23-24,26-27H,6-9,14-18H2,1-5H3;4-14,16H,3,15H2,1-2H3;4-8,11H,3H2,1-2H3. The zero-order valence-corrected chi connectivity index (χ0v) is 40.3. The van der Waals surface area contributed by atoms with E-state index in [1.807, 2.05) is 12.1 Å². The van der Waals surface area contributed by atoms with E-state index in [2.05, 4.69) is 153 Å². The minimum atomic E-state index is -0.144. The first-order chi connectivity index (χ1) is 30.5. The van der Waals surface area contributed by atoms with Crippen molar-refractivity contribution in [1.29, 1.82) is 0 Å². The van der Waals surface area contributed by atoms with Crippen molar-refractivity contribution in [3.05, 3.63) is 138 Å². The molecule has 0 amide bonds. The number of hydrogen-bond donors (Lipinski definition) is 1. The Morgan fingerprint density at radius 1 is 0.540 bits per heavy atom. The number of rotatable bonds is 17. The van der Waals surface area contributed by atoms with Gasteiger partial charge in [0.2, 0.25) is 6.29 Å². The lowest BCUT2D eigenvalue weighted by atomic mass is 9.55. The van der Waals surface area contributed by atoms with Gasteiger partial charge in [0.05, 0.1) is 6.10 Å². The van der Waals surface area contributed by atoms with Crippen LogP contribution in [0.1, 0.15) is 173 Å². The lowest BCUT2D eigenvalue weighted by molar-refractivity contribution is -0.239. The lowest BCUT2D eigenvalue weighted by Gasteiger charge is -2.55. The summed E-state index contributed by atoms with van der Waals surface area (Å²) in [5.41, 5.74) is 5.38. The van der Waals surface area contributed by atoms with Gasteiger partial charge in [-0.2, -0.15) is 0 Å². The van der Waals surface area contributed by atoms with Crippen molar-refractivity contribution in [2.45, 2.75) is 170 Å². The van der Waals surface area contributed by atoms with Crippen LogP contribution in [0.25, 0.3) is 10.8 Å². The lowest BCUT2D eigenvalue weighted by Crippen LogP contribution is -2.53. The van der Waals surface area contributed by atoms with Gasteiger partial charge in [-0.3, -0.25) is 0 Å². The van der Waals surface area contributed by atoms with Gasteiger partial charge in [-0.15, -0.1) is 0 Å². The molecule has 4 heteroatoms. The molecule has 1 N–H and O–H groups in total. The highest BCUT2D eigenvalue weighted by Crippen LogP contribution is 2.55. The highest BCUT2D eigenvalue weighted by Gasteiger charge is 2.51. The van der Waals surface area contributed by atoms with Gasteiger partial charge in [0.15, 0.2) is 0 Å². The van der Waals surface area contributed by atoms with Gasteiger partial charge in [0.25, 0.3) is 0 Å². The summed E-state index contributed by atoms with van der Waals surface area (Å²) < 4.78 is 19.7. The van der Waals surface area contributed by atoms with Crippen LogP contribution < -0.4 is 9.47 Å². The Balaban J connectivity index is 0.000000175. The summed E-state index contributed by atoms with van der Waals surface area (Å²) in [6.45, 7) is 20.9. The molecule has 9 rings (SSSR count). The van der Waals surface area contributed by atoms with Gasteiger partial charge in [0.1, 0.15) is 23.9 Å². The fraction of sp³-hybridized carbons (Fsp3) is 0.525. The second-order valence-electron chi connectivity index (χ2n) is 19.5. The molecule has 4 aliphatic carbocycles. The zero-order chi connectivity index (χ0) is 44.9. The van der Waals surface area contributed by atoms with Gasteiger partial charge < -0.3 is 19.3 Å². The monoisotopic (exact) mass is 853 g/mol. The minimum absolute atomic E-state index is 0.0873. The van der Waals surface area contributed by atoms with Crippen LogP contribution in [0.4, 0.5) is 0 Å². The van der Waals surface area contributed by atoms with Gasteiger partial charge in [-0.05, 0) is 181 Å². The van der Waals surface area contributed by atoms with Gasteiger partial charge >= 0.3 is 0 Å². The quantitative estimate of drug-likeness (QED) is 0.0947. The molecule has 0 saturated heterocycles. The third-order valence-corrected chi connectivity index (χ3v) is 15.7. The third-order valence-electron chi connectivity index (χ3n) is 15.7. The molecule has 0 aromatic heterocycles. The summed E-state index contributed by atoms with van der Waals surface area (Å²) in [4.78, 5) is 0. The van der Waals surface area contributed by atoms with E-state index >= 15 is 0 Å². The van der Waals surface area contributed by atoms with Crippen LogP contribution in [0.3, 0.4) is 0 Å². The average Bonchev–Trinajstić information content (AvgIpc) is 3.32. The minimum Gasteiger partial charge on any atom is -0.508 e. The molecule has 63 heavy (non-hydrogen) atoms. The highest BCUT2D eigenvalue weighted by atomic mass is 16.7. The largest absolute Gasteiger partial charge is 0.508 e. The number of phenolic OH excluding ortho intramolecular Hbond substituents is 1. The molecular formula is C59H80O4. The zero-order valence-electron chi connectivity index (χ0n) is 40.3. The molecule has 4 unspecified atom stereocenters. The average molecular weight is 853 g/mol. The van der Waals surface area contributed by atoms with Gasteiger partial charge in [-0.1, -0.05) is 141 Å². The topological polar surface area (TPSA) is 47.9 Å². The van der Waals surface area contributed by atoms with Crippen molar-refractivity contribution in [2.75, 3.05) is 0 Å². The van der Waals surface area contributed by atoms with Crippen LogP contribution in [0.5, 0.6) is 17.2 Å². The van der Waals surface area contributed by atoms with E-state index in [-0.39, 0.29) is 11.7 Å². The Bertz CT molecular complexity index is 2040. The first kappa shape index (κ1) is 48.2. The molecule has 0 aliphatic heterocycles. The second-order valence-corrected chi connectivity index (χ2v) is 19.5. The maximum absolute atomic E-state index is 9.01. The van der Waals surface area contributed by atoms with E-state index in [1.54, 1.807) is 12.1 Å². The molecule has 340 valence electrons. The van der Waals surface area contributed by atoms with E-state index < -0.39 is 0 Å². The second kappa shape index (κ2) is 23.1. The Labute approximate surface area is 382 Å². The van der Waals surface area contributed by atoms with Crippen LogP contribution in [-0.2, 0) is 11.3 Å². The molecule has 4 bridgehead atoms. The summed E-state index contributed by atoms with van der Waals surface area (Å²) in [5.74, 6) is 7.53. The maximum Gasteiger partial charge on any atom is 0.205 e.